The van der Waals surface area contributed by atoms with Crippen LogP contribution in [0, 0.1) is 0 Å². The van der Waals surface area contributed by atoms with Crippen LogP contribution < -0.4 is 0 Å². The molecule has 0 fully saturated rings. The smallest absolute Gasteiger partial charge is 0.374 e. The summed E-state index contributed by atoms with van der Waals surface area (Å²) in [5.74, 6) is -0.900. The highest BCUT2D eigenvalue weighted by atomic mass is 32.2. The lowest BCUT2D eigenvalue weighted by molar-refractivity contribution is -0.133. The lowest BCUT2D eigenvalue weighted by Crippen LogP contribution is -2.03. The zero-order chi connectivity index (χ0) is 11.3. The van der Waals surface area contributed by atoms with Gasteiger partial charge in [0.05, 0.1) is 19.1 Å². The second-order valence-corrected chi connectivity index (χ2v) is 3.64. The van der Waals surface area contributed by atoms with Gasteiger partial charge in [0.1, 0.15) is 0 Å². The number of methoxy groups -OCH3 is 1. The Labute approximate surface area is 90.4 Å². The molecule has 0 amide bonds. The quantitative estimate of drug-likeness (QED) is 0.770. The summed E-state index contributed by atoms with van der Waals surface area (Å²) >= 11 is 1.19. The molecule has 0 saturated carbocycles. The van der Waals surface area contributed by atoms with Crippen LogP contribution in [0.3, 0.4) is 0 Å². The summed E-state index contributed by atoms with van der Waals surface area (Å²) in [6, 6.07) is 1.63. The van der Waals surface area contributed by atoms with Crippen LogP contribution in [0.2, 0.25) is 0 Å². The van der Waals surface area contributed by atoms with Crippen molar-refractivity contribution in [3.8, 4) is 0 Å². The van der Waals surface area contributed by atoms with Gasteiger partial charge in [0, 0.05) is 11.3 Å². The molecule has 0 bridgehead atoms. The number of hydrogen-bond donors (Lipinski definition) is 1. The molecule has 82 valence electrons. The minimum atomic E-state index is -0.886. The molecule has 1 aromatic heterocycles. The van der Waals surface area contributed by atoms with E-state index in [4.69, 9.17) is 9.52 Å². The van der Waals surface area contributed by atoms with E-state index in [2.05, 4.69) is 4.74 Å². The molecule has 0 aliphatic carbocycles. The summed E-state index contributed by atoms with van der Waals surface area (Å²) in [6.45, 7) is 0. The van der Waals surface area contributed by atoms with Gasteiger partial charge in [-0.25, -0.2) is 4.79 Å². The number of esters is 1. The largest absolute Gasteiger partial charge is 0.481 e. The summed E-state index contributed by atoms with van der Waals surface area (Å²) in [6.07, 6.45) is 1.38. The lowest BCUT2D eigenvalue weighted by atomic mass is 10.3. The average Bonchev–Trinajstić information content (AvgIpc) is 2.64. The van der Waals surface area contributed by atoms with Crippen molar-refractivity contribution in [2.45, 2.75) is 5.75 Å². The van der Waals surface area contributed by atoms with E-state index < -0.39 is 11.9 Å². The van der Waals surface area contributed by atoms with Crippen molar-refractivity contribution in [1.29, 1.82) is 0 Å². The molecule has 0 saturated heterocycles. The normalized spacial score (nSPS) is 9.93. The Morgan fingerprint density at radius 2 is 2.33 bits per heavy atom. The highest BCUT2D eigenvalue weighted by Crippen LogP contribution is 2.18. The minimum absolute atomic E-state index is 0.00814. The third-order valence-electron chi connectivity index (χ3n) is 1.60. The molecule has 1 heterocycles. The minimum Gasteiger partial charge on any atom is -0.481 e. The standard InChI is InChI=1S/C9H10O5S/c1-13-9(12)8-6(2-3-14-8)4-15-5-7(10)11/h2-3H,4-5H2,1H3,(H,10,11). The van der Waals surface area contributed by atoms with E-state index in [0.717, 1.165) is 0 Å². The first kappa shape index (κ1) is 11.6. The molecule has 6 heteroatoms. The summed E-state index contributed by atoms with van der Waals surface area (Å²) in [5, 5.41) is 8.43. The molecule has 0 aliphatic heterocycles. The molecule has 1 rings (SSSR count). The van der Waals surface area contributed by atoms with Crippen LogP contribution in [-0.2, 0) is 15.3 Å². The predicted molar refractivity (Wildman–Crippen MR) is 53.8 cm³/mol. The number of thioether (sulfide) groups is 1. The summed E-state index contributed by atoms with van der Waals surface area (Å²) in [4.78, 5) is 21.4. The number of aliphatic carboxylic acids is 1. The van der Waals surface area contributed by atoms with Crippen molar-refractivity contribution < 1.29 is 23.8 Å². The summed E-state index contributed by atoms with van der Waals surface area (Å²) < 4.78 is 9.44. The zero-order valence-electron chi connectivity index (χ0n) is 8.06. The fourth-order valence-electron chi connectivity index (χ4n) is 0.969. The van der Waals surface area contributed by atoms with E-state index in [1.165, 1.54) is 25.1 Å². The van der Waals surface area contributed by atoms with E-state index in [9.17, 15) is 9.59 Å². The Bertz CT molecular complexity index is 357. The van der Waals surface area contributed by atoms with Crippen LogP contribution in [0.4, 0.5) is 0 Å². The molecule has 0 aliphatic rings. The third-order valence-corrected chi connectivity index (χ3v) is 2.57. The number of carbonyl (C=O) groups is 2. The van der Waals surface area contributed by atoms with Crippen molar-refractivity contribution in [3.63, 3.8) is 0 Å². The van der Waals surface area contributed by atoms with E-state index in [0.29, 0.717) is 11.3 Å². The van der Waals surface area contributed by atoms with Crippen LogP contribution in [0.5, 0.6) is 0 Å². The zero-order valence-corrected chi connectivity index (χ0v) is 8.87. The first-order chi connectivity index (χ1) is 7.15. The van der Waals surface area contributed by atoms with Gasteiger partial charge >= 0.3 is 11.9 Å². The van der Waals surface area contributed by atoms with Crippen LogP contribution in [0.25, 0.3) is 0 Å². The second-order valence-electron chi connectivity index (χ2n) is 2.65. The van der Waals surface area contributed by atoms with Crippen molar-refractivity contribution in [2.75, 3.05) is 12.9 Å². The van der Waals surface area contributed by atoms with Gasteiger partial charge in [-0.05, 0) is 6.07 Å². The van der Waals surface area contributed by atoms with Gasteiger partial charge in [-0.15, -0.1) is 11.8 Å². The second kappa shape index (κ2) is 5.45. The van der Waals surface area contributed by atoms with E-state index in [1.54, 1.807) is 6.07 Å². The van der Waals surface area contributed by atoms with Crippen LogP contribution >= 0.6 is 11.8 Å². The molecule has 0 atom stereocenters. The summed E-state index contributed by atoms with van der Waals surface area (Å²) in [5.41, 5.74) is 0.646. The van der Waals surface area contributed by atoms with E-state index in [1.807, 2.05) is 0 Å². The highest BCUT2D eigenvalue weighted by Gasteiger charge is 2.15. The van der Waals surface area contributed by atoms with Crippen molar-refractivity contribution in [2.24, 2.45) is 0 Å². The Hall–Kier alpha value is -1.43. The first-order valence-electron chi connectivity index (χ1n) is 4.09. The number of carbonyl (C=O) groups excluding carboxylic acids is 1. The SMILES string of the molecule is COC(=O)c1occc1CSCC(=O)O. The Morgan fingerprint density at radius 1 is 1.60 bits per heavy atom. The van der Waals surface area contributed by atoms with Crippen LogP contribution in [-0.4, -0.2) is 29.9 Å². The van der Waals surface area contributed by atoms with Gasteiger partial charge in [0.15, 0.2) is 0 Å². The maximum atomic E-state index is 11.2. The van der Waals surface area contributed by atoms with E-state index >= 15 is 0 Å². The van der Waals surface area contributed by atoms with Gasteiger partial charge in [-0.1, -0.05) is 0 Å². The third kappa shape index (κ3) is 3.32. The van der Waals surface area contributed by atoms with Crippen molar-refractivity contribution >= 4 is 23.7 Å². The highest BCUT2D eigenvalue weighted by molar-refractivity contribution is 7.99. The number of hydrogen-bond acceptors (Lipinski definition) is 5. The number of rotatable bonds is 5. The van der Waals surface area contributed by atoms with E-state index in [-0.39, 0.29) is 11.5 Å². The van der Waals surface area contributed by atoms with Crippen molar-refractivity contribution in [3.05, 3.63) is 23.7 Å². The molecule has 1 aromatic rings. The van der Waals surface area contributed by atoms with Gasteiger partial charge in [-0.3, -0.25) is 4.79 Å². The number of furan rings is 1. The van der Waals surface area contributed by atoms with Crippen molar-refractivity contribution in [1.82, 2.24) is 0 Å². The fraction of sp³-hybridized carbons (Fsp3) is 0.333. The number of carboxylic acids is 1. The lowest BCUT2D eigenvalue weighted by Gasteiger charge is -1.99. The molecular weight excluding hydrogens is 220 g/mol. The van der Waals surface area contributed by atoms with Crippen LogP contribution in [0.15, 0.2) is 16.7 Å². The Kier molecular flexibility index (Phi) is 4.23. The fourth-order valence-corrected chi connectivity index (χ4v) is 1.69. The van der Waals surface area contributed by atoms with Gasteiger partial charge < -0.3 is 14.3 Å². The molecule has 0 unspecified atom stereocenters. The Balaban J connectivity index is 2.57. The maximum absolute atomic E-state index is 11.2. The predicted octanol–water partition coefficient (Wildman–Crippen LogP) is 1.38. The summed E-state index contributed by atoms with van der Waals surface area (Å²) in [7, 11) is 1.26. The first-order valence-corrected chi connectivity index (χ1v) is 5.25. The van der Waals surface area contributed by atoms with Gasteiger partial charge in [0.2, 0.25) is 5.76 Å². The molecule has 15 heavy (non-hydrogen) atoms. The molecule has 0 spiro atoms. The number of ether oxygens (including phenoxy) is 1. The molecule has 0 radical (unpaired) electrons. The molecule has 5 nitrogen and oxygen atoms in total. The van der Waals surface area contributed by atoms with Gasteiger partial charge in [-0.2, -0.15) is 0 Å². The monoisotopic (exact) mass is 230 g/mol. The molecule has 1 N–H and O–H groups in total. The Morgan fingerprint density at radius 3 is 2.93 bits per heavy atom. The molecular formula is C9H10O5S. The topological polar surface area (TPSA) is 76.7 Å². The maximum Gasteiger partial charge on any atom is 0.374 e. The van der Waals surface area contributed by atoms with Crippen LogP contribution in [0.1, 0.15) is 16.1 Å². The van der Waals surface area contributed by atoms with Gasteiger partial charge in [0.25, 0.3) is 0 Å². The average molecular weight is 230 g/mol. The molecule has 0 aromatic carbocycles. The number of carboxylic acid groups (broad SMARTS) is 1.